The number of ether oxygens (including phenoxy) is 1. The summed E-state index contributed by atoms with van der Waals surface area (Å²) in [5, 5.41) is 0.398. The Morgan fingerprint density at radius 2 is 1.97 bits per heavy atom. The number of hydrogen-bond donors (Lipinski definition) is 1. The van der Waals surface area contributed by atoms with Gasteiger partial charge in [-0.3, -0.25) is 9.52 Å². The summed E-state index contributed by atoms with van der Waals surface area (Å²) in [4.78, 5) is 23.7. The number of amides is 1. The predicted molar refractivity (Wildman–Crippen MR) is 142 cm³/mol. The summed E-state index contributed by atoms with van der Waals surface area (Å²) < 4.78 is 47.8. The van der Waals surface area contributed by atoms with Gasteiger partial charge in [0.15, 0.2) is 17.5 Å². The molecule has 1 aliphatic rings. The van der Waals surface area contributed by atoms with Crippen LogP contribution < -0.4 is 9.46 Å². The van der Waals surface area contributed by atoms with E-state index in [4.69, 9.17) is 27.9 Å². The second-order valence-electron chi connectivity index (χ2n) is 8.93. The van der Waals surface area contributed by atoms with E-state index < -0.39 is 34.4 Å². The van der Waals surface area contributed by atoms with Gasteiger partial charge in [-0.15, -0.1) is 0 Å². The average molecular weight is 578 g/mol. The van der Waals surface area contributed by atoms with Crippen LogP contribution in [0.1, 0.15) is 28.6 Å². The number of nitrogens with one attached hydrogen (secondary N) is 1. The SMILES string of the molecule is Cc1ccc(C2c3c(nc4cc(Cl)ccn34)CCN2C(=O)COc2ccc(NS(C)(=O)=O)nc2Cl)c(F)c1. The summed E-state index contributed by atoms with van der Waals surface area (Å²) in [6.07, 6.45) is 3.20. The van der Waals surface area contributed by atoms with E-state index in [0.29, 0.717) is 28.3 Å². The highest BCUT2D eigenvalue weighted by atomic mass is 35.5. The maximum atomic E-state index is 15.3. The van der Waals surface area contributed by atoms with Crippen molar-refractivity contribution in [2.45, 2.75) is 19.4 Å². The van der Waals surface area contributed by atoms with E-state index in [1.165, 1.54) is 18.2 Å². The summed E-state index contributed by atoms with van der Waals surface area (Å²) in [7, 11) is -3.54. The molecule has 0 saturated carbocycles. The number of aryl methyl sites for hydroxylation is 1. The molecule has 38 heavy (non-hydrogen) atoms. The number of hydrogen-bond acceptors (Lipinski definition) is 6. The Morgan fingerprint density at radius 3 is 2.68 bits per heavy atom. The lowest BCUT2D eigenvalue weighted by atomic mass is 9.94. The first-order chi connectivity index (χ1) is 18.0. The van der Waals surface area contributed by atoms with Crippen molar-refractivity contribution in [3.8, 4) is 5.75 Å². The smallest absolute Gasteiger partial charge is 0.261 e. The number of halogens is 3. The molecule has 1 amide bonds. The fourth-order valence-corrected chi connectivity index (χ4v) is 5.36. The van der Waals surface area contributed by atoms with Gasteiger partial charge in [-0.05, 0) is 36.8 Å². The van der Waals surface area contributed by atoms with Gasteiger partial charge in [-0.2, -0.15) is 0 Å². The maximum absolute atomic E-state index is 15.3. The third-order valence-corrected chi connectivity index (χ3v) is 7.17. The zero-order valence-corrected chi connectivity index (χ0v) is 22.6. The number of carbonyl (C=O) groups excluding carboxylic acids is 1. The summed E-state index contributed by atoms with van der Waals surface area (Å²) in [5.41, 5.74) is 3.12. The molecule has 4 aromatic rings. The predicted octanol–water partition coefficient (Wildman–Crippen LogP) is 4.41. The highest BCUT2D eigenvalue weighted by Crippen LogP contribution is 2.37. The number of benzene rings is 1. The molecule has 9 nitrogen and oxygen atoms in total. The molecule has 3 aromatic heterocycles. The van der Waals surface area contributed by atoms with Crippen molar-refractivity contribution in [3.63, 3.8) is 0 Å². The fraction of sp³-hybridized carbons (Fsp3) is 0.240. The molecule has 5 rings (SSSR count). The van der Waals surface area contributed by atoms with Crippen molar-refractivity contribution in [3.05, 3.63) is 87.2 Å². The van der Waals surface area contributed by atoms with Gasteiger partial charge >= 0.3 is 0 Å². The molecule has 0 aliphatic carbocycles. The molecule has 1 N–H and O–H groups in total. The Labute approximate surface area is 228 Å². The molecular weight excluding hydrogens is 556 g/mol. The van der Waals surface area contributed by atoms with Crippen molar-refractivity contribution < 1.29 is 22.3 Å². The van der Waals surface area contributed by atoms with Crippen LogP contribution in [0, 0.1) is 12.7 Å². The van der Waals surface area contributed by atoms with Gasteiger partial charge in [0, 0.05) is 35.8 Å². The fourth-order valence-electron chi connectivity index (χ4n) is 4.50. The normalized spacial score (nSPS) is 15.4. The van der Waals surface area contributed by atoms with E-state index in [2.05, 4.69) is 14.7 Å². The zero-order chi connectivity index (χ0) is 27.2. The van der Waals surface area contributed by atoms with Crippen molar-refractivity contribution in [2.75, 3.05) is 24.1 Å². The van der Waals surface area contributed by atoms with Gasteiger partial charge in [0.2, 0.25) is 10.0 Å². The van der Waals surface area contributed by atoms with Crippen LogP contribution in [0.4, 0.5) is 10.2 Å². The molecule has 198 valence electrons. The van der Waals surface area contributed by atoms with Crippen LogP contribution in [0.2, 0.25) is 10.2 Å². The van der Waals surface area contributed by atoms with Gasteiger partial charge in [0.1, 0.15) is 23.3 Å². The Morgan fingerprint density at radius 1 is 1.18 bits per heavy atom. The minimum absolute atomic E-state index is 0.0161. The number of nitrogens with zero attached hydrogens (tertiary/aromatic N) is 4. The number of aromatic nitrogens is 3. The van der Waals surface area contributed by atoms with Crippen LogP contribution in [0.15, 0.2) is 48.7 Å². The number of fused-ring (bicyclic) bond motifs is 3. The molecule has 1 aromatic carbocycles. The minimum atomic E-state index is -3.54. The molecule has 4 heterocycles. The molecule has 0 saturated heterocycles. The number of sulfonamides is 1. The Kier molecular flexibility index (Phi) is 6.93. The molecule has 0 fully saturated rings. The zero-order valence-electron chi connectivity index (χ0n) is 20.3. The van der Waals surface area contributed by atoms with Gasteiger partial charge < -0.3 is 14.0 Å². The van der Waals surface area contributed by atoms with E-state index in [-0.39, 0.29) is 23.3 Å². The van der Waals surface area contributed by atoms with E-state index in [1.807, 2.05) is 4.40 Å². The average Bonchev–Trinajstić information content (AvgIpc) is 3.19. The van der Waals surface area contributed by atoms with Gasteiger partial charge in [-0.1, -0.05) is 35.3 Å². The minimum Gasteiger partial charge on any atom is -0.481 e. The second-order valence-corrected chi connectivity index (χ2v) is 11.5. The number of rotatable bonds is 6. The van der Waals surface area contributed by atoms with E-state index >= 15 is 4.39 Å². The molecular formula is C25H22Cl2FN5O4S. The molecule has 0 spiro atoms. The lowest BCUT2D eigenvalue weighted by Gasteiger charge is -2.36. The summed E-state index contributed by atoms with van der Waals surface area (Å²) in [5.74, 6) is -0.729. The standard InChI is InChI=1S/C25H22Cl2FN5O4S/c1-14-3-4-16(17(28)11-14)23-24-18(29-21-12-15(26)7-9-32(21)24)8-10-33(23)22(34)13-37-19-5-6-20(30-25(19)27)31-38(2,35)36/h3-7,9,11-12,23H,8,10,13H2,1-2H3,(H,30,31). The van der Waals surface area contributed by atoms with Gasteiger partial charge in [0.05, 0.1) is 17.6 Å². The Balaban J connectivity index is 1.47. The lowest BCUT2D eigenvalue weighted by molar-refractivity contribution is -0.135. The highest BCUT2D eigenvalue weighted by molar-refractivity contribution is 7.92. The van der Waals surface area contributed by atoms with Crippen LogP contribution >= 0.6 is 23.2 Å². The first-order valence-corrected chi connectivity index (χ1v) is 14.1. The maximum Gasteiger partial charge on any atom is 0.261 e. The molecule has 1 aliphatic heterocycles. The monoisotopic (exact) mass is 577 g/mol. The van der Waals surface area contributed by atoms with Crippen LogP contribution in [0.3, 0.4) is 0 Å². The van der Waals surface area contributed by atoms with E-state index in [0.717, 1.165) is 17.5 Å². The molecule has 0 bridgehead atoms. The highest BCUT2D eigenvalue weighted by Gasteiger charge is 2.37. The van der Waals surface area contributed by atoms with Crippen molar-refractivity contribution >= 4 is 50.6 Å². The van der Waals surface area contributed by atoms with Crippen LogP contribution in [-0.4, -0.2) is 53.0 Å². The summed E-state index contributed by atoms with van der Waals surface area (Å²) >= 11 is 12.3. The number of imidazole rings is 1. The van der Waals surface area contributed by atoms with Crippen LogP contribution in [-0.2, 0) is 21.2 Å². The second kappa shape index (κ2) is 10.0. The summed E-state index contributed by atoms with van der Waals surface area (Å²) in [6, 6.07) is 10.3. The summed E-state index contributed by atoms with van der Waals surface area (Å²) in [6.45, 7) is 1.68. The largest absolute Gasteiger partial charge is 0.481 e. The Bertz CT molecular complexity index is 1680. The van der Waals surface area contributed by atoms with Crippen molar-refractivity contribution in [1.29, 1.82) is 0 Å². The lowest BCUT2D eigenvalue weighted by Crippen LogP contribution is -2.43. The van der Waals surface area contributed by atoms with Crippen molar-refractivity contribution in [2.24, 2.45) is 0 Å². The molecule has 13 heteroatoms. The van der Waals surface area contributed by atoms with Crippen LogP contribution in [0.25, 0.3) is 5.65 Å². The van der Waals surface area contributed by atoms with E-state index in [9.17, 15) is 13.2 Å². The van der Waals surface area contributed by atoms with E-state index in [1.54, 1.807) is 42.3 Å². The number of pyridine rings is 2. The third-order valence-electron chi connectivity index (χ3n) is 6.09. The molecule has 0 radical (unpaired) electrons. The third kappa shape index (κ3) is 5.27. The Hall–Kier alpha value is -3.41. The van der Waals surface area contributed by atoms with Crippen LogP contribution in [0.5, 0.6) is 5.75 Å². The quantitative estimate of drug-likeness (QED) is 0.340. The number of anilines is 1. The first-order valence-electron chi connectivity index (χ1n) is 11.5. The topological polar surface area (TPSA) is 106 Å². The molecule has 1 atom stereocenters. The first kappa shape index (κ1) is 26.2. The van der Waals surface area contributed by atoms with Gasteiger partial charge in [0.25, 0.3) is 5.91 Å². The molecule has 1 unspecified atom stereocenters. The van der Waals surface area contributed by atoms with Gasteiger partial charge in [-0.25, -0.2) is 22.8 Å². The van der Waals surface area contributed by atoms with Crippen molar-refractivity contribution in [1.82, 2.24) is 19.3 Å². The number of carbonyl (C=O) groups is 1.